The van der Waals surface area contributed by atoms with E-state index in [1.54, 1.807) is 6.07 Å². The summed E-state index contributed by atoms with van der Waals surface area (Å²) in [4.78, 5) is 20.2. The van der Waals surface area contributed by atoms with E-state index >= 15 is 0 Å². The number of para-hydroxylation sites is 1. The highest BCUT2D eigenvalue weighted by molar-refractivity contribution is 6.06. The first-order chi connectivity index (χ1) is 16.3. The van der Waals surface area contributed by atoms with E-state index < -0.39 is 11.6 Å². The number of carbonyl (C=O) groups is 1. The number of aromatic amines is 1. The lowest BCUT2D eigenvalue weighted by Gasteiger charge is -2.46. The number of amides is 1. The van der Waals surface area contributed by atoms with Crippen LogP contribution in [0.4, 0.5) is 20.2 Å². The van der Waals surface area contributed by atoms with E-state index in [1.807, 2.05) is 0 Å². The van der Waals surface area contributed by atoms with Crippen LogP contribution in [-0.4, -0.2) is 42.2 Å². The van der Waals surface area contributed by atoms with Crippen LogP contribution >= 0.6 is 0 Å². The van der Waals surface area contributed by atoms with Crippen LogP contribution < -0.4 is 15.4 Å². The van der Waals surface area contributed by atoms with Gasteiger partial charge in [0.05, 0.1) is 48.6 Å². The molecule has 9 heteroatoms. The molecule has 4 heterocycles. The smallest absolute Gasteiger partial charge is 0.255 e. The Labute approximate surface area is 195 Å². The molecule has 178 valence electrons. The van der Waals surface area contributed by atoms with Crippen LogP contribution in [0, 0.1) is 17.0 Å². The summed E-state index contributed by atoms with van der Waals surface area (Å²) in [5.41, 5.74) is 2.40. The van der Waals surface area contributed by atoms with Crippen LogP contribution in [0.1, 0.15) is 42.2 Å². The van der Waals surface area contributed by atoms with Crippen molar-refractivity contribution in [3.8, 4) is 17.0 Å². The molecule has 0 radical (unpaired) electrons. The van der Waals surface area contributed by atoms with Gasteiger partial charge in [-0.1, -0.05) is 19.9 Å². The van der Waals surface area contributed by atoms with Gasteiger partial charge in [0.1, 0.15) is 0 Å². The van der Waals surface area contributed by atoms with Crippen LogP contribution in [0.3, 0.4) is 0 Å². The van der Waals surface area contributed by atoms with E-state index in [1.165, 1.54) is 31.5 Å². The first kappa shape index (κ1) is 22.3. The Bertz CT molecular complexity index is 1260. The second-order valence-corrected chi connectivity index (χ2v) is 9.40. The molecule has 34 heavy (non-hydrogen) atoms. The van der Waals surface area contributed by atoms with Gasteiger partial charge in [0, 0.05) is 35.3 Å². The van der Waals surface area contributed by atoms with Crippen molar-refractivity contribution in [2.75, 3.05) is 25.6 Å². The minimum Gasteiger partial charge on any atom is -0.492 e. The molecule has 0 saturated carbocycles. The summed E-state index contributed by atoms with van der Waals surface area (Å²) < 4.78 is 40.2. The van der Waals surface area contributed by atoms with Crippen molar-refractivity contribution < 1.29 is 23.0 Å². The van der Waals surface area contributed by atoms with Gasteiger partial charge >= 0.3 is 0 Å². The topological polar surface area (TPSA) is 88.3 Å². The molecule has 3 aromatic rings. The lowest BCUT2D eigenvalue weighted by atomic mass is 9.76. The number of halogens is 2. The van der Waals surface area contributed by atoms with E-state index in [4.69, 9.17) is 9.47 Å². The number of fused-ring (bicyclic) bond motifs is 1. The molecule has 5 rings (SSSR count). The van der Waals surface area contributed by atoms with Crippen LogP contribution in [-0.2, 0) is 4.74 Å². The summed E-state index contributed by atoms with van der Waals surface area (Å²) in [7, 11) is 1.36. The summed E-state index contributed by atoms with van der Waals surface area (Å²) in [6.07, 6.45) is 3.34. The van der Waals surface area contributed by atoms with Crippen molar-refractivity contribution >= 4 is 17.3 Å². The monoisotopic (exact) mass is 468 g/mol. The number of ether oxygens (including phenoxy) is 2. The molecule has 7 nitrogen and oxygen atoms in total. The number of hydrogen-bond donors (Lipinski definition) is 3. The van der Waals surface area contributed by atoms with Gasteiger partial charge in [-0.2, -0.15) is 0 Å². The average molecular weight is 469 g/mol. The Balaban J connectivity index is 1.65. The van der Waals surface area contributed by atoms with Crippen molar-refractivity contribution in [1.82, 2.24) is 15.3 Å². The number of benzene rings is 1. The zero-order chi connectivity index (χ0) is 24.0. The van der Waals surface area contributed by atoms with E-state index in [-0.39, 0.29) is 34.7 Å². The number of rotatable bonds is 6. The quantitative estimate of drug-likeness (QED) is 0.486. The number of pyridine rings is 1. The van der Waals surface area contributed by atoms with Crippen LogP contribution in [0.5, 0.6) is 5.75 Å². The molecule has 0 bridgehead atoms. The van der Waals surface area contributed by atoms with E-state index in [2.05, 4.69) is 34.4 Å². The molecule has 2 atom stereocenters. The molecule has 0 aliphatic carbocycles. The van der Waals surface area contributed by atoms with Crippen molar-refractivity contribution in [1.29, 1.82) is 0 Å². The molecule has 1 fully saturated rings. The number of hydrogen-bond acceptors (Lipinski definition) is 5. The Hall–Kier alpha value is -3.46. The number of aromatic nitrogens is 2. The fourth-order valence-electron chi connectivity index (χ4n) is 4.70. The van der Waals surface area contributed by atoms with Crippen molar-refractivity contribution in [3.05, 3.63) is 59.6 Å². The van der Waals surface area contributed by atoms with Crippen molar-refractivity contribution in [3.63, 3.8) is 0 Å². The molecule has 1 aromatic carbocycles. The maximum Gasteiger partial charge on any atom is 0.255 e. The lowest BCUT2D eigenvalue weighted by molar-refractivity contribution is -0.172. The zero-order valence-corrected chi connectivity index (χ0v) is 19.2. The summed E-state index contributed by atoms with van der Waals surface area (Å²) in [6, 6.07) is 5.98. The molecule has 2 aliphatic rings. The van der Waals surface area contributed by atoms with Crippen LogP contribution in [0.2, 0.25) is 0 Å². The highest BCUT2D eigenvalue weighted by Gasteiger charge is 2.43. The van der Waals surface area contributed by atoms with Gasteiger partial charge in [0.15, 0.2) is 17.4 Å². The van der Waals surface area contributed by atoms with Gasteiger partial charge in [0.2, 0.25) is 0 Å². The fourth-order valence-corrected chi connectivity index (χ4v) is 4.70. The maximum absolute atomic E-state index is 14.8. The van der Waals surface area contributed by atoms with Crippen molar-refractivity contribution in [2.24, 2.45) is 5.41 Å². The highest BCUT2D eigenvalue weighted by Crippen LogP contribution is 2.45. The normalized spacial score (nSPS) is 20.8. The first-order valence-electron chi connectivity index (χ1n) is 11.1. The highest BCUT2D eigenvalue weighted by atomic mass is 19.1. The third kappa shape index (κ3) is 3.69. The second kappa shape index (κ2) is 8.39. The Morgan fingerprint density at radius 2 is 2.09 bits per heavy atom. The molecule has 3 N–H and O–H groups in total. The van der Waals surface area contributed by atoms with E-state index in [0.717, 1.165) is 6.20 Å². The molecule has 0 spiro atoms. The minimum absolute atomic E-state index is 0.00372. The Kier molecular flexibility index (Phi) is 5.51. The van der Waals surface area contributed by atoms with E-state index in [9.17, 15) is 13.6 Å². The van der Waals surface area contributed by atoms with Crippen LogP contribution in [0.15, 0.2) is 36.7 Å². The number of H-pyrrole nitrogens is 1. The Morgan fingerprint density at radius 3 is 2.76 bits per heavy atom. The lowest BCUT2D eigenvalue weighted by Crippen LogP contribution is -2.49. The third-order valence-electron chi connectivity index (χ3n) is 6.67. The molecular weight excluding hydrogens is 442 g/mol. The van der Waals surface area contributed by atoms with Gasteiger partial charge in [-0.05, 0) is 24.6 Å². The van der Waals surface area contributed by atoms with Gasteiger partial charge in [-0.15, -0.1) is 0 Å². The summed E-state index contributed by atoms with van der Waals surface area (Å²) in [5.74, 6) is -1.47. The summed E-state index contributed by atoms with van der Waals surface area (Å²) in [6.45, 7) is 5.43. The van der Waals surface area contributed by atoms with Gasteiger partial charge in [-0.25, -0.2) is 8.78 Å². The average Bonchev–Trinajstić information content (AvgIpc) is 3.18. The number of nitrogens with zero attached hydrogens (tertiary/aromatic N) is 1. The second-order valence-electron chi connectivity index (χ2n) is 9.40. The summed E-state index contributed by atoms with van der Waals surface area (Å²) in [5, 5.41) is 6.09. The van der Waals surface area contributed by atoms with Gasteiger partial charge in [0.25, 0.3) is 5.91 Å². The van der Waals surface area contributed by atoms with Gasteiger partial charge < -0.3 is 25.1 Å². The SMILES string of the molecule is COc1c(F)cccc1Nc1c(-c2ccncc2F)[nH]c2c1C(=O)NC[C@H]2C[C@@H]1OCC1(C)C. The number of carbonyl (C=O) groups excluding carboxylic acids is 1. The molecule has 1 amide bonds. The third-order valence-corrected chi connectivity index (χ3v) is 6.67. The minimum atomic E-state index is -0.555. The molecule has 2 aliphatic heterocycles. The number of anilines is 2. The number of nitrogens with one attached hydrogen (secondary N) is 3. The molecule has 2 aromatic heterocycles. The van der Waals surface area contributed by atoms with Crippen LogP contribution in [0.25, 0.3) is 11.3 Å². The first-order valence-corrected chi connectivity index (χ1v) is 11.1. The number of methoxy groups -OCH3 is 1. The predicted octanol–water partition coefficient (Wildman–Crippen LogP) is 4.75. The zero-order valence-electron chi connectivity index (χ0n) is 19.2. The van der Waals surface area contributed by atoms with Gasteiger partial charge in [-0.3, -0.25) is 9.78 Å². The summed E-state index contributed by atoms with van der Waals surface area (Å²) >= 11 is 0. The largest absolute Gasteiger partial charge is 0.492 e. The van der Waals surface area contributed by atoms with E-state index in [0.29, 0.717) is 47.9 Å². The molecule has 0 unspecified atom stereocenters. The molecule has 1 saturated heterocycles. The fraction of sp³-hybridized carbons (Fsp3) is 0.360. The van der Waals surface area contributed by atoms with Crippen molar-refractivity contribution in [2.45, 2.75) is 32.3 Å². The standard InChI is InChI=1S/C25H26F2N4O3/c1-25(2)12-34-18(25)9-13-10-29-24(32)19-20(13)31-21(14-7-8-28-11-16(14)27)22(19)30-17-6-4-5-15(26)23(17)33-3/h4-8,11,13,18,30-31H,9-10,12H2,1-3H3,(H,29,32)/t13-,18+/m1/s1. The maximum atomic E-state index is 14.8. The molecular formula is C25H26F2N4O3. The predicted molar refractivity (Wildman–Crippen MR) is 123 cm³/mol. The Morgan fingerprint density at radius 1 is 1.26 bits per heavy atom.